The maximum Gasteiger partial charge on any atom is 0.245 e. The Morgan fingerprint density at radius 2 is 1.92 bits per heavy atom. The number of hydrogen-bond donors (Lipinski definition) is 1. The normalized spacial score (nSPS) is 13.2. The molecule has 0 aliphatic carbocycles. The van der Waals surface area contributed by atoms with E-state index in [9.17, 15) is 14.9 Å². The Morgan fingerprint density at radius 3 is 2.69 bits per heavy atom. The molecule has 0 saturated heterocycles. The molecular formula is C20H16N2O4. The van der Waals surface area contributed by atoms with Crippen molar-refractivity contribution in [2.24, 2.45) is 5.92 Å². The Morgan fingerprint density at radius 1 is 1.15 bits per heavy atom. The van der Waals surface area contributed by atoms with E-state index in [1.807, 2.05) is 30.3 Å². The Balaban J connectivity index is 1.61. The first-order chi connectivity index (χ1) is 12.7. The zero-order valence-electron chi connectivity index (χ0n) is 13.8. The van der Waals surface area contributed by atoms with Crippen molar-refractivity contribution in [3.05, 3.63) is 65.7 Å². The monoisotopic (exact) mass is 348 g/mol. The molecule has 1 N–H and O–H groups in total. The van der Waals surface area contributed by atoms with Crippen molar-refractivity contribution in [1.29, 1.82) is 5.26 Å². The van der Waals surface area contributed by atoms with Crippen LogP contribution < -0.4 is 14.8 Å². The number of ketones is 1. The predicted octanol–water partition coefficient (Wildman–Crippen LogP) is 2.45. The molecule has 26 heavy (non-hydrogen) atoms. The number of carbonyl (C=O) groups is 2. The van der Waals surface area contributed by atoms with Gasteiger partial charge in [0.05, 0.1) is 6.07 Å². The molecule has 0 spiro atoms. The number of benzene rings is 2. The first kappa shape index (κ1) is 17.2. The van der Waals surface area contributed by atoms with Gasteiger partial charge in [-0.2, -0.15) is 5.26 Å². The maximum absolute atomic E-state index is 12.2. The minimum absolute atomic E-state index is 0.166. The number of ether oxygens (including phenoxy) is 2. The van der Waals surface area contributed by atoms with E-state index in [-0.39, 0.29) is 13.3 Å². The number of allylic oxidation sites excluding steroid dienone is 1. The molecule has 2 aromatic carbocycles. The summed E-state index contributed by atoms with van der Waals surface area (Å²) in [5.74, 6) is -1.34. The summed E-state index contributed by atoms with van der Waals surface area (Å²) in [5.41, 5.74) is 1.60. The second-order valence-corrected chi connectivity index (χ2v) is 5.61. The molecular weight excluding hydrogens is 332 g/mol. The Kier molecular flexibility index (Phi) is 5.30. The third kappa shape index (κ3) is 4.08. The Hall–Kier alpha value is -3.59. The fourth-order valence-electron chi connectivity index (χ4n) is 2.43. The van der Waals surface area contributed by atoms with E-state index in [0.29, 0.717) is 17.1 Å². The first-order valence-corrected chi connectivity index (χ1v) is 8.00. The summed E-state index contributed by atoms with van der Waals surface area (Å²) in [5, 5.41) is 11.8. The van der Waals surface area contributed by atoms with Gasteiger partial charge in [0.2, 0.25) is 12.7 Å². The van der Waals surface area contributed by atoms with Crippen molar-refractivity contribution < 1.29 is 19.1 Å². The van der Waals surface area contributed by atoms with Crippen LogP contribution in [0.15, 0.2) is 54.6 Å². The van der Waals surface area contributed by atoms with E-state index in [1.165, 1.54) is 6.08 Å². The molecule has 130 valence electrons. The van der Waals surface area contributed by atoms with Crippen molar-refractivity contribution in [2.45, 2.75) is 6.54 Å². The van der Waals surface area contributed by atoms with Gasteiger partial charge < -0.3 is 14.8 Å². The average molecular weight is 348 g/mol. The second-order valence-electron chi connectivity index (χ2n) is 5.61. The lowest BCUT2D eigenvalue weighted by molar-refractivity contribution is -0.129. The fourth-order valence-corrected chi connectivity index (χ4v) is 2.43. The molecule has 1 aliphatic rings. The zero-order chi connectivity index (χ0) is 18.4. The summed E-state index contributed by atoms with van der Waals surface area (Å²) in [6, 6.07) is 16.2. The van der Waals surface area contributed by atoms with Crippen molar-refractivity contribution >= 4 is 17.8 Å². The zero-order valence-corrected chi connectivity index (χ0v) is 13.8. The van der Waals surface area contributed by atoms with Gasteiger partial charge in [-0.3, -0.25) is 9.59 Å². The molecule has 1 heterocycles. The van der Waals surface area contributed by atoms with Crippen molar-refractivity contribution in [3.63, 3.8) is 0 Å². The van der Waals surface area contributed by atoms with Gasteiger partial charge in [0.1, 0.15) is 0 Å². The highest BCUT2D eigenvalue weighted by Gasteiger charge is 2.24. The third-order valence-electron chi connectivity index (χ3n) is 3.82. The number of rotatable bonds is 6. The standard InChI is InChI=1S/C20H16N2O4/c21-11-16(20(24)22-12-15-4-2-1-3-5-15)17(23)8-6-14-7-9-18-19(10-14)26-13-25-18/h1-10,16H,12-13H2,(H,22,24)/b8-6-/t16-/m0/s1. The molecule has 1 aliphatic heterocycles. The Labute approximate surface area is 150 Å². The lowest BCUT2D eigenvalue weighted by Crippen LogP contribution is -2.33. The van der Waals surface area contributed by atoms with Crippen molar-refractivity contribution in [1.82, 2.24) is 5.32 Å². The van der Waals surface area contributed by atoms with Crippen LogP contribution in [0.25, 0.3) is 6.08 Å². The van der Waals surface area contributed by atoms with Gasteiger partial charge in [-0.25, -0.2) is 0 Å². The number of carbonyl (C=O) groups excluding carboxylic acids is 2. The molecule has 1 amide bonds. The predicted molar refractivity (Wildman–Crippen MR) is 94.0 cm³/mol. The van der Waals surface area contributed by atoms with E-state index < -0.39 is 17.6 Å². The highest BCUT2D eigenvalue weighted by atomic mass is 16.7. The van der Waals surface area contributed by atoms with Gasteiger partial charge in [0.15, 0.2) is 23.2 Å². The van der Waals surface area contributed by atoms with Crippen LogP contribution in [0.2, 0.25) is 0 Å². The summed E-state index contributed by atoms with van der Waals surface area (Å²) in [6.45, 7) is 0.427. The number of hydrogen-bond acceptors (Lipinski definition) is 5. The molecule has 0 unspecified atom stereocenters. The van der Waals surface area contributed by atoms with Gasteiger partial charge in [0.25, 0.3) is 0 Å². The average Bonchev–Trinajstić information content (AvgIpc) is 3.14. The number of nitrogens with zero attached hydrogens (tertiary/aromatic N) is 1. The summed E-state index contributed by atoms with van der Waals surface area (Å²) >= 11 is 0. The number of amides is 1. The molecule has 6 nitrogen and oxygen atoms in total. The minimum Gasteiger partial charge on any atom is -0.454 e. The van der Waals surface area contributed by atoms with Crippen LogP contribution >= 0.6 is 0 Å². The van der Waals surface area contributed by atoms with Crippen molar-refractivity contribution in [2.75, 3.05) is 6.79 Å². The lowest BCUT2D eigenvalue weighted by atomic mass is 10.0. The quantitative estimate of drug-likeness (QED) is 0.640. The van der Waals surface area contributed by atoms with Gasteiger partial charge in [-0.1, -0.05) is 42.5 Å². The number of fused-ring (bicyclic) bond motifs is 1. The van der Waals surface area contributed by atoms with Crippen LogP contribution in [0.1, 0.15) is 11.1 Å². The number of nitriles is 1. The topological polar surface area (TPSA) is 88.4 Å². The summed E-state index contributed by atoms with van der Waals surface area (Å²) in [6.07, 6.45) is 2.77. The highest BCUT2D eigenvalue weighted by molar-refractivity contribution is 6.10. The van der Waals surface area contributed by atoms with Gasteiger partial charge >= 0.3 is 0 Å². The van der Waals surface area contributed by atoms with E-state index in [0.717, 1.165) is 5.56 Å². The SMILES string of the molecule is N#C[C@@H](C(=O)/C=C\c1ccc2c(c1)OCO2)C(=O)NCc1ccccc1. The summed E-state index contributed by atoms with van der Waals surface area (Å²) < 4.78 is 10.5. The van der Waals surface area contributed by atoms with Gasteiger partial charge in [-0.05, 0) is 29.3 Å². The van der Waals surface area contributed by atoms with Crippen molar-refractivity contribution in [3.8, 4) is 17.6 Å². The summed E-state index contributed by atoms with van der Waals surface area (Å²) in [7, 11) is 0. The van der Waals surface area contributed by atoms with E-state index >= 15 is 0 Å². The lowest BCUT2D eigenvalue weighted by Gasteiger charge is -2.08. The van der Waals surface area contributed by atoms with Crippen LogP contribution in [0, 0.1) is 17.2 Å². The molecule has 0 aromatic heterocycles. The molecule has 0 radical (unpaired) electrons. The van der Waals surface area contributed by atoms with Crippen LogP contribution in [0.4, 0.5) is 0 Å². The fraction of sp³-hybridized carbons (Fsp3) is 0.150. The maximum atomic E-state index is 12.2. The van der Waals surface area contributed by atoms with Crippen LogP contribution in [0.5, 0.6) is 11.5 Å². The molecule has 2 aromatic rings. The molecule has 3 rings (SSSR count). The molecule has 6 heteroatoms. The van der Waals surface area contributed by atoms with Crippen LogP contribution in [-0.4, -0.2) is 18.5 Å². The second kappa shape index (κ2) is 7.99. The molecule has 0 bridgehead atoms. The smallest absolute Gasteiger partial charge is 0.245 e. The molecule has 0 fully saturated rings. The Bertz CT molecular complexity index is 884. The highest BCUT2D eigenvalue weighted by Crippen LogP contribution is 2.32. The third-order valence-corrected chi connectivity index (χ3v) is 3.82. The largest absolute Gasteiger partial charge is 0.454 e. The van der Waals surface area contributed by atoms with Gasteiger partial charge in [0, 0.05) is 6.54 Å². The van der Waals surface area contributed by atoms with Crippen LogP contribution in [-0.2, 0) is 16.1 Å². The first-order valence-electron chi connectivity index (χ1n) is 8.00. The molecule has 1 atom stereocenters. The molecule has 0 saturated carbocycles. The van der Waals surface area contributed by atoms with E-state index in [2.05, 4.69) is 5.32 Å². The van der Waals surface area contributed by atoms with E-state index in [4.69, 9.17) is 9.47 Å². The summed E-state index contributed by atoms with van der Waals surface area (Å²) in [4.78, 5) is 24.3. The number of nitrogens with one attached hydrogen (secondary N) is 1. The van der Waals surface area contributed by atoms with Gasteiger partial charge in [-0.15, -0.1) is 0 Å². The van der Waals surface area contributed by atoms with E-state index in [1.54, 1.807) is 30.3 Å². The van der Waals surface area contributed by atoms with Crippen LogP contribution in [0.3, 0.4) is 0 Å². The minimum atomic E-state index is -1.39.